The fraction of sp³-hybridized carbons (Fsp3) is 0.0833. The summed E-state index contributed by atoms with van der Waals surface area (Å²) in [6.07, 6.45) is -0.333. The van der Waals surface area contributed by atoms with Gasteiger partial charge >= 0.3 is 0 Å². The molecule has 0 radical (unpaired) electrons. The summed E-state index contributed by atoms with van der Waals surface area (Å²) in [6.45, 7) is 0. The largest absolute Gasteiger partial charge is 0.383 e. The first-order valence-electron chi connectivity index (χ1n) is 4.93. The molecule has 2 nitrogen and oxygen atoms in total. The van der Waals surface area contributed by atoms with Gasteiger partial charge in [0.25, 0.3) is 0 Å². The lowest BCUT2D eigenvalue weighted by Gasteiger charge is -2.14. The molecule has 0 aliphatic heterocycles. The Morgan fingerprint density at radius 1 is 1.17 bits per heavy atom. The van der Waals surface area contributed by atoms with Crippen molar-refractivity contribution >= 4 is 23.2 Å². The third-order valence-electron chi connectivity index (χ3n) is 2.42. The van der Waals surface area contributed by atoms with Crippen molar-refractivity contribution in [3.05, 3.63) is 63.4 Å². The maximum Gasteiger partial charge on any atom is 0.132 e. The number of nitrogens with zero attached hydrogens (tertiary/aromatic N) is 1. The minimum atomic E-state index is -1.54. The van der Waals surface area contributed by atoms with Crippen LogP contribution in [-0.4, -0.2) is 10.1 Å². The Balaban J connectivity index is 2.54. The van der Waals surface area contributed by atoms with E-state index in [0.717, 1.165) is 12.1 Å². The fourth-order valence-electron chi connectivity index (χ4n) is 1.56. The van der Waals surface area contributed by atoms with Crippen LogP contribution in [0.5, 0.6) is 0 Å². The van der Waals surface area contributed by atoms with E-state index in [4.69, 9.17) is 23.2 Å². The first-order valence-corrected chi connectivity index (χ1v) is 5.69. The molecule has 18 heavy (non-hydrogen) atoms. The third kappa shape index (κ3) is 2.46. The van der Waals surface area contributed by atoms with Gasteiger partial charge in [0.2, 0.25) is 0 Å². The van der Waals surface area contributed by atoms with Crippen molar-refractivity contribution in [2.45, 2.75) is 6.10 Å². The molecule has 1 heterocycles. The van der Waals surface area contributed by atoms with Crippen molar-refractivity contribution in [2.24, 2.45) is 0 Å². The molecule has 0 bridgehead atoms. The summed E-state index contributed by atoms with van der Waals surface area (Å²) >= 11 is 11.5. The molecule has 1 aromatic carbocycles. The normalized spacial score (nSPS) is 12.5. The second-order valence-corrected chi connectivity index (χ2v) is 4.36. The Hall–Kier alpha value is -1.23. The molecular formula is C12H7Cl2F2NO. The first kappa shape index (κ1) is 13.2. The molecule has 1 atom stereocenters. The minimum absolute atomic E-state index is 0.0743. The summed E-state index contributed by atoms with van der Waals surface area (Å²) < 4.78 is 27.1. The molecule has 0 saturated heterocycles. The molecule has 6 heteroatoms. The number of benzene rings is 1. The number of aromatic nitrogens is 1. The Morgan fingerprint density at radius 3 is 2.39 bits per heavy atom. The minimum Gasteiger partial charge on any atom is -0.383 e. The highest BCUT2D eigenvalue weighted by Gasteiger charge is 2.22. The molecule has 2 rings (SSSR count). The summed E-state index contributed by atoms with van der Waals surface area (Å²) in [6, 6.07) is 4.58. The molecule has 1 unspecified atom stereocenters. The van der Waals surface area contributed by atoms with E-state index in [1.165, 1.54) is 18.3 Å². The molecule has 0 fully saturated rings. The summed E-state index contributed by atoms with van der Waals surface area (Å²) in [5.41, 5.74) is -0.373. The Bertz CT molecular complexity index is 572. The van der Waals surface area contributed by atoms with E-state index < -0.39 is 23.3 Å². The topological polar surface area (TPSA) is 33.1 Å². The van der Waals surface area contributed by atoms with Crippen LogP contribution in [0.15, 0.2) is 30.5 Å². The van der Waals surface area contributed by atoms with Gasteiger partial charge in [-0.1, -0.05) is 29.3 Å². The van der Waals surface area contributed by atoms with E-state index in [0.29, 0.717) is 0 Å². The van der Waals surface area contributed by atoms with E-state index in [1.807, 2.05) is 0 Å². The lowest BCUT2D eigenvalue weighted by Crippen LogP contribution is -2.06. The van der Waals surface area contributed by atoms with Gasteiger partial charge in [0.05, 0.1) is 10.6 Å². The molecule has 94 valence electrons. The van der Waals surface area contributed by atoms with Gasteiger partial charge in [0, 0.05) is 11.8 Å². The molecule has 0 spiro atoms. The Labute approximate surface area is 112 Å². The number of aliphatic hydroxyl groups excluding tert-OH is 1. The summed E-state index contributed by atoms with van der Waals surface area (Å²) in [4.78, 5) is 3.70. The first-order chi connectivity index (χ1) is 8.50. The van der Waals surface area contributed by atoms with Crippen molar-refractivity contribution in [1.82, 2.24) is 4.98 Å². The van der Waals surface area contributed by atoms with Crippen molar-refractivity contribution in [1.29, 1.82) is 0 Å². The molecule has 0 saturated carbocycles. The number of pyridine rings is 1. The molecule has 0 aliphatic carbocycles. The number of hydrogen-bond donors (Lipinski definition) is 1. The standard InChI is InChI=1S/C12H7Cl2F2NO/c13-7-5-17-10(14)4-6(7)12(18)11-8(15)2-1-3-9(11)16/h1-5,12,18H. The van der Waals surface area contributed by atoms with Crippen LogP contribution in [0.2, 0.25) is 10.2 Å². The number of halogens is 4. The highest BCUT2D eigenvalue weighted by Crippen LogP contribution is 2.32. The van der Waals surface area contributed by atoms with Gasteiger partial charge < -0.3 is 5.11 Å². The quantitative estimate of drug-likeness (QED) is 0.854. The van der Waals surface area contributed by atoms with Crippen LogP contribution in [-0.2, 0) is 0 Å². The Kier molecular flexibility index (Phi) is 3.80. The second kappa shape index (κ2) is 5.18. The smallest absolute Gasteiger partial charge is 0.132 e. The predicted octanol–water partition coefficient (Wildman–Crippen LogP) is 3.75. The molecule has 2 aromatic rings. The van der Waals surface area contributed by atoms with Crippen LogP contribution >= 0.6 is 23.2 Å². The maximum absolute atomic E-state index is 13.5. The summed E-state index contributed by atoms with van der Waals surface area (Å²) in [5.74, 6) is -1.71. The van der Waals surface area contributed by atoms with E-state index in [9.17, 15) is 13.9 Å². The molecule has 0 amide bonds. The molecule has 0 aliphatic rings. The van der Waals surface area contributed by atoms with E-state index in [-0.39, 0.29) is 15.7 Å². The van der Waals surface area contributed by atoms with E-state index in [2.05, 4.69) is 4.98 Å². The van der Waals surface area contributed by atoms with Crippen LogP contribution in [0.1, 0.15) is 17.2 Å². The van der Waals surface area contributed by atoms with Crippen LogP contribution in [0.25, 0.3) is 0 Å². The lowest BCUT2D eigenvalue weighted by atomic mass is 10.0. The van der Waals surface area contributed by atoms with Gasteiger partial charge in [-0.25, -0.2) is 13.8 Å². The van der Waals surface area contributed by atoms with Crippen molar-refractivity contribution in [2.75, 3.05) is 0 Å². The fourth-order valence-corrected chi connectivity index (χ4v) is 1.94. The van der Waals surface area contributed by atoms with Gasteiger partial charge in [-0.05, 0) is 18.2 Å². The summed E-state index contributed by atoms with van der Waals surface area (Å²) in [7, 11) is 0. The molecule has 1 aromatic heterocycles. The van der Waals surface area contributed by atoms with Crippen LogP contribution < -0.4 is 0 Å². The SMILES string of the molecule is OC(c1cc(Cl)ncc1Cl)c1c(F)cccc1F. The maximum atomic E-state index is 13.5. The highest BCUT2D eigenvalue weighted by molar-refractivity contribution is 6.32. The van der Waals surface area contributed by atoms with Crippen LogP contribution in [0.3, 0.4) is 0 Å². The van der Waals surface area contributed by atoms with Crippen LogP contribution in [0.4, 0.5) is 8.78 Å². The average Bonchev–Trinajstić information content (AvgIpc) is 2.32. The van der Waals surface area contributed by atoms with Crippen LogP contribution in [0, 0.1) is 11.6 Å². The molecular weight excluding hydrogens is 283 g/mol. The predicted molar refractivity (Wildman–Crippen MR) is 64.7 cm³/mol. The highest BCUT2D eigenvalue weighted by atomic mass is 35.5. The van der Waals surface area contributed by atoms with E-state index in [1.54, 1.807) is 0 Å². The zero-order valence-corrected chi connectivity index (χ0v) is 10.4. The zero-order valence-electron chi connectivity index (χ0n) is 8.87. The number of hydrogen-bond acceptors (Lipinski definition) is 2. The van der Waals surface area contributed by atoms with Crippen molar-refractivity contribution in [3.63, 3.8) is 0 Å². The lowest BCUT2D eigenvalue weighted by molar-refractivity contribution is 0.209. The van der Waals surface area contributed by atoms with Gasteiger partial charge in [0.15, 0.2) is 0 Å². The molecule has 1 N–H and O–H groups in total. The van der Waals surface area contributed by atoms with Gasteiger partial charge in [-0.15, -0.1) is 0 Å². The van der Waals surface area contributed by atoms with Crippen molar-refractivity contribution < 1.29 is 13.9 Å². The number of rotatable bonds is 2. The Morgan fingerprint density at radius 2 is 1.78 bits per heavy atom. The zero-order chi connectivity index (χ0) is 13.3. The summed E-state index contributed by atoms with van der Waals surface area (Å²) in [5, 5.41) is 10.2. The monoisotopic (exact) mass is 289 g/mol. The van der Waals surface area contributed by atoms with Gasteiger partial charge in [-0.3, -0.25) is 0 Å². The van der Waals surface area contributed by atoms with Crippen molar-refractivity contribution in [3.8, 4) is 0 Å². The van der Waals surface area contributed by atoms with E-state index >= 15 is 0 Å². The third-order valence-corrected chi connectivity index (χ3v) is 2.94. The average molecular weight is 290 g/mol. The number of aliphatic hydroxyl groups is 1. The van der Waals surface area contributed by atoms with Gasteiger partial charge in [0.1, 0.15) is 22.9 Å². The second-order valence-electron chi connectivity index (χ2n) is 3.57. The van der Waals surface area contributed by atoms with Gasteiger partial charge in [-0.2, -0.15) is 0 Å².